The van der Waals surface area contributed by atoms with E-state index in [0.717, 1.165) is 5.56 Å². The molecule has 2 aromatic carbocycles. The van der Waals surface area contributed by atoms with Gasteiger partial charge in [0.2, 0.25) is 0 Å². The largest absolute Gasteiger partial charge is 0.459 e. The molecule has 4 rings (SSSR count). The van der Waals surface area contributed by atoms with E-state index >= 15 is 0 Å². The van der Waals surface area contributed by atoms with Gasteiger partial charge in [-0.2, -0.15) is 0 Å². The fraction of sp³-hybridized carbons (Fsp3) is 0.227. The third-order valence-corrected chi connectivity index (χ3v) is 7.43. The first-order valence-electron chi connectivity index (χ1n) is 9.43. The number of amides is 1. The van der Waals surface area contributed by atoms with E-state index < -0.39 is 15.9 Å². The van der Waals surface area contributed by atoms with Gasteiger partial charge in [0.15, 0.2) is 9.84 Å². The van der Waals surface area contributed by atoms with Gasteiger partial charge in [0.1, 0.15) is 11.5 Å². The van der Waals surface area contributed by atoms with Crippen LogP contribution in [-0.4, -0.2) is 36.8 Å². The van der Waals surface area contributed by atoms with Crippen LogP contribution in [0.25, 0.3) is 11.3 Å². The first kappa shape index (κ1) is 21.0. The number of hydrogen-bond donors (Lipinski definition) is 0. The number of benzene rings is 2. The van der Waals surface area contributed by atoms with Crippen LogP contribution in [0.4, 0.5) is 0 Å². The average molecular weight is 464 g/mol. The average Bonchev–Trinajstić information content (AvgIpc) is 3.32. The zero-order valence-electron chi connectivity index (χ0n) is 15.9. The van der Waals surface area contributed by atoms with Crippen LogP contribution in [0.15, 0.2) is 65.1 Å². The Balaban J connectivity index is 1.64. The van der Waals surface area contributed by atoms with E-state index in [9.17, 15) is 13.2 Å². The summed E-state index contributed by atoms with van der Waals surface area (Å²) in [5, 5.41) is 0.921. The molecule has 8 heteroatoms. The lowest BCUT2D eigenvalue weighted by molar-refractivity contribution is 0.0667. The molecule has 3 aromatic rings. The molecule has 1 aliphatic heterocycles. The molecule has 0 bridgehead atoms. The van der Waals surface area contributed by atoms with Crippen molar-refractivity contribution in [1.82, 2.24) is 4.90 Å². The highest BCUT2D eigenvalue weighted by Crippen LogP contribution is 2.28. The lowest BCUT2D eigenvalue weighted by Gasteiger charge is -2.28. The maximum atomic E-state index is 13.3. The van der Waals surface area contributed by atoms with Gasteiger partial charge in [-0.1, -0.05) is 47.5 Å². The Morgan fingerprint density at radius 2 is 1.87 bits per heavy atom. The Morgan fingerprint density at radius 3 is 2.57 bits per heavy atom. The standard InChI is InChI=1S/C22H19Cl2NO4S/c23-16-5-3-4-15(12-16)21-9-8-18(29-21)13-25(17-10-11-30(27,28)14-17)22(26)19-6-1-2-7-20(19)24/h1-9,12,17H,10-11,13-14H2. The molecule has 0 saturated carbocycles. The summed E-state index contributed by atoms with van der Waals surface area (Å²) in [5.74, 6) is 0.857. The van der Waals surface area contributed by atoms with E-state index in [-0.39, 0.29) is 24.0 Å². The summed E-state index contributed by atoms with van der Waals surface area (Å²) < 4.78 is 30.0. The van der Waals surface area contributed by atoms with Crippen molar-refractivity contribution in [3.8, 4) is 11.3 Å². The van der Waals surface area contributed by atoms with Crippen LogP contribution in [0.3, 0.4) is 0 Å². The third kappa shape index (κ3) is 4.56. The second-order valence-corrected chi connectivity index (χ2v) is 10.3. The van der Waals surface area contributed by atoms with Gasteiger partial charge in [0, 0.05) is 16.6 Å². The van der Waals surface area contributed by atoms with Gasteiger partial charge in [-0.15, -0.1) is 0 Å². The molecule has 156 valence electrons. The van der Waals surface area contributed by atoms with Gasteiger partial charge in [0.25, 0.3) is 5.91 Å². The fourth-order valence-corrected chi connectivity index (χ4v) is 5.74. The van der Waals surface area contributed by atoms with Crippen molar-refractivity contribution in [2.45, 2.75) is 19.0 Å². The highest BCUT2D eigenvalue weighted by atomic mass is 35.5. The van der Waals surface area contributed by atoms with Crippen LogP contribution < -0.4 is 0 Å². The predicted molar refractivity (Wildman–Crippen MR) is 118 cm³/mol. The van der Waals surface area contributed by atoms with E-state index in [4.69, 9.17) is 27.6 Å². The van der Waals surface area contributed by atoms with E-state index in [0.29, 0.717) is 33.6 Å². The molecule has 1 saturated heterocycles. The van der Waals surface area contributed by atoms with Crippen molar-refractivity contribution >= 4 is 38.9 Å². The summed E-state index contributed by atoms with van der Waals surface area (Å²) in [6, 6.07) is 17.2. The predicted octanol–water partition coefficient (Wildman–Crippen LogP) is 5.08. The normalized spacial score (nSPS) is 17.7. The van der Waals surface area contributed by atoms with Crippen molar-refractivity contribution < 1.29 is 17.6 Å². The van der Waals surface area contributed by atoms with Crippen molar-refractivity contribution in [3.05, 3.63) is 82.0 Å². The Kier molecular flexibility index (Phi) is 5.91. The van der Waals surface area contributed by atoms with Crippen molar-refractivity contribution in [3.63, 3.8) is 0 Å². The second kappa shape index (κ2) is 8.46. The van der Waals surface area contributed by atoms with E-state index in [1.807, 2.05) is 18.2 Å². The SMILES string of the molecule is O=C(c1ccccc1Cl)N(Cc1ccc(-c2cccc(Cl)c2)o1)C1CCS(=O)(=O)C1. The molecule has 0 spiro atoms. The number of hydrogen-bond acceptors (Lipinski definition) is 4. The van der Waals surface area contributed by atoms with Gasteiger partial charge in [-0.05, 0) is 42.8 Å². The van der Waals surface area contributed by atoms with E-state index in [2.05, 4.69) is 0 Å². The lowest BCUT2D eigenvalue weighted by Crippen LogP contribution is -2.40. The Labute approximate surface area is 185 Å². The number of furan rings is 1. The quantitative estimate of drug-likeness (QED) is 0.528. The van der Waals surface area contributed by atoms with Crippen molar-refractivity contribution in [1.29, 1.82) is 0 Å². The molecule has 30 heavy (non-hydrogen) atoms. The Morgan fingerprint density at radius 1 is 1.07 bits per heavy atom. The minimum absolute atomic E-state index is 0.0644. The number of carbonyl (C=O) groups is 1. The first-order valence-corrected chi connectivity index (χ1v) is 12.0. The number of sulfone groups is 1. The number of carbonyl (C=O) groups excluding carboxylic acids is 1. The molecule has 0 radical (unpaired) electrons. The minimum Gasteiger partial charge on any atom is -0.459 e. The molecule has 1 amide bonds. The molecule has 1 aliphatic rings. The summed E-state index contributed by atoms with van der Waals surface area (Å²) in [6.45, 7) is 0.144. The summed E-state index contributed by atoms with van der Waals surface area (Å²) in [7, 11) is -3.17. The molecule has 1 atom stereocenters. The van der Waals surface area contributed by atoms with Crippen molar-refractivity contribution in [2.24, 2.45) is 0 Å². The molecular weight excluding hydrogens is 445 g/mol. The summed E-state index contributed by atoms with van der Waals surface area (Å²) in [4.78, 5) is 14.8. The topological polar surface area (TPSA) is 67.6 Å². The third-order valence-electron chi connectivity index (χ3n) is 5.11. The number of nitrogens with zero attached hydrogens (tertiary/aromatic N) is 1. The second-order valence-electron chi connectivity index (χ2n) is 7.25. The highest BCUT2D eigenvalue weighted by Gasteiger charge is 2.36. The molecule has 5 nitrogen and oxygen atoms in total. The molecular formula is C22H19Cl2NO4S. The smallest absolute Gasteiger partial charge is 0.256 e. The molecule has 0 N–H and O–H groups in total. The van der Waals surface area contributed by atoms with Crippen LogP contribution in [0.1, 0.15) is 22.5 Å². The molecule has 1 aromatic heterocycles. The van der Waals surface area contributed by atoms with Gasteiger partial charge in [-0.25, -0.2) is 8.42 Å². The van der Waals surface area contributed by atoms with Crippen LogP contribution in [0, 0.1) is 0 Å². The molecule has 2 heterocycles. The van der Waals surface area contributed by atoms with Crippen LogP contribution in [0.2, 0.25) is 10.0 Å². The number of halogens is 2. The van der Waals surface area contributed by atoms with E-state index in [1.165, 1.54) is 0 Å². The van der Waals surface area contributed by atoms with Gasteiger partial charge in [-0.3, -0.25) is 4.79 Å². The van der Waals surface area contributed by atoms with Crippen LogP contribution in [0.5, 0.6) is 0 Å². The summed E-state index contributed by atoms with van der Waals surface area (Å²) in [6.07, 6.45) is 0.389. The summed E-state index contributed by atoms with van der Waals surface area (Å²) >= 11 is 12.3. The van der Waals surface area contributed by atoms with E-state index in [1.54, 1.807) is 47.4 Å². The molecule has 0 aliphatic carbocycles. The first-order chi connectivity index (χ1) is 14.3. The van der Waals surface area contributed by atoms with Crippen LogP contribution >= 0.6 is 23.2 Å². The number of rotatable bonds is 5. The maximum absolute atomic E-state index is 13.3. The minimum atomic E-state index is -3.17. The van der Waals surface area contributed by atoms with Gasteiger partial charge in [0.05, 0.1) is 28.6 Å². The fourth-order valence-electron chi connectivity index (χ4n) is 3.60. The Hall–Kier alpha value is -2.28. The van der Waals surface area contributed by atoms with Crippen molar-refractivity contribution in [2.75, 3.05) is 11.5 Å². The van der Waals surface area contributed by atoms with Crippen LogP contribution in [-0.2, 0) is 16.4 Å². The monoisotopic (exact) mass is 463 g/mol. The molecule has 1 unspecified atom stereocenters. The highest BCUT2D eigenvalue weighted by molar-refractivity contribution is 7.91. The lowest BCUT2D eigenvalue weighted by atomic mass is 10.1. The molecule has 1 fully saturated rings. The Bertz CT molecular complexity index is 1190. The zero-order chi connectivity index (χ0) is 21.3. The maximum Gasteiger partial charge on any atom is 0.256 e. The van der Waals surface area contributed by atoms with Gasteiger partial charge < -0.3 is 9.32 Å². The zero-order valence-corrected chi connectivity index (χ0v) is 18.3. The van der Waals surface area contributed by atoms with Gasteiger partial charge >= 0.3 is 0 Å². The summed E-state index contributed by atoms with van der Waals surface area (Å²) in [5.41, 5.74) is 1.16.